The maximum absolute atomic E-state index is 13.1. The third-order valence-electron chi connectivity index (χ3n) is 4.65. The molecule has 150 valence electrons. The molecule has 2 aromatic carbocycles. The Morgan fingerprint density at radius 3 is 2.48 bits per heavy atom. The van der Waals surface area contributed by atoms with E-state index in [1.807, 2.05) is 30.3 Å². The SMILES string of the molecule is CC1(C)C=C(c2nccc3ccccc23)c2cc(S(=O)(=O)C(F)(F)F)ccc2O1. The van der Waals surface area contributed by atoms with Gasteiger partial charge in [-0.25, -0.2) is 8.42 Å². The van der Waals surface area contributed by atoms with E-state index in [1.165, 1.54) is 6.07 Å². The Hall–Kier alpha value is -2.87. The smallest absolute Gasteiger partial charge is 0.483 e. The Morgan fingerprint density at radius 1 is 1.03 bits per heavy atom. The van der Waals surface area contributed by atoms with Crippen LogP contribution in [-0.2, 0) is 9.84 Å². The Balaban J connectivity index is 1.99. The average molecular weight is 419 g/mol. The summed E-state index contributed by atoms with van der Waals surface area (Å²) in [5, 5.41) is 1.71. The van der Waals surface area contributed by atoms with E-state index in [0.717, 1.165) is 22.9 Å². The van der Waals surface area contributed by atoms with Gasteiger partial charge in [0.05, 0.1) is 10.6 Å². The summed E-state index contributed by atoms with van der Waals surface area (Å²) in [7, 11) is -5.49. The highest BCUT2D eigenvalue weighted by atomic mass is 32.2. The number of sulfone groups is 1. The van der Waals surface area contributed by atoms with Crippen LogP contribution in [-0.4, -0.2) is 24.5 Å². The molecule has 0 saturated heterocycles. The van der Waals surface area contributed by atoms with Gasteiger partial charge in [0.15, 0.2) is 0 Å². The Labute approximate surface area is 165 Å². The normalized spacial score (nSPS) is 16.1. The van der Waals surface area contributed by atoms with Gasteiger partial charge in [-0.3, -0.25) is 4.98 Å². The summed E-state index contributed by atoms with van der Waals surface area (Å²) < 4.78 is 68.9. The predicted octanol–water partition coefficient (Wildman–Crippen LogP) is 5.13. The number of nitrogens with zero attached hydrogens (tertiary/aromatic N) is 1. The van der Waals surface area contributed by atoms with Gasteiger partial charge >= 0.3 is 5.51 Å². The number of hydrogen-bond donors (Lipinski definition) is 0. The number of pyridine rings is 1. The quantitative estimate of drug-likeness (QED) is 0.578. The van der Waals surface area contributed by atoms with Crippen LogP contribution in [0.4, 0.5) is 13.2 Å². The van der Waals surface area contributed by atoms with Crippen molar-refractivity contribution in [2.24, 2.45) is 0 Å². The lowest BCUT2D eigenvalue weighted by Crippen LogP contribution is -2.30. The summed E-state index contributed by atoms with van der Waals surface area (Å²) in [6.07, 6.45) is 3.35. The Morgan fingerprint density at radius 2 is 1.76 bits per heavy atom. The van der Waals surface area contributed by atoms with E-state index in [0.29, 0.717) is 17.0 Å². The molecule has 4 nitrogen and oxygen atoms in total. The lowest BCUT2D eigenvalue weighted by molar-refractivity contribution is -0.0436. The van der Waals surface area contributed by atoms with Crippen molar-refractivity contribution in [3.05, 3.63) is 72.1 Å². The standard InChI is InChI=1S/C21H16F3NO3S/c1-20(2)12-17(19-15-6-4-3-5-13(15)9-10-25-19)16-11-14(7-8-18(16)28-20)29(26,27)21(22,23)24/h3-12H,1-2H3. The average Bonchev–Trinajstić information content (AvgIpc) is 2.65. The van der Waals surface area contributed by atoms with E-state index in [1.54, 1.807) is 26.1 Å². The molecule has 0 amide bonds. The lowest BCUT2D eigenvalue weighted by Gasteiger charge is -2.31. The molecule has 1 aliphatic rings. The molecule has 0 N–H and O–H groups in total. The highest BCUT2D eigenvalue weighted by Crippen LogP contribution is 2.42. The number of alkyl halides is 3. The fourth-order valence-corrected chi connectivity index (χ4v) is 4.17. The van der Waals surface area contributed by atoms with Gasteiger partial charge in [-0.05, 0) is 49.6 Å². The molecule has 4 rings (SSSR count). The first-order valence-corrected chi connectivity index (χ1v) is 10.2. The van der Waals surface area contributed by atoms with Crippen molar-refractivity contribution in [3.63, 3.8) is 0 Å². The van der Waals surface area contributed by atoms with Crippen molar-refractivity contribution in [1.29, 1.82) is 0 Å². The number of fused-ring (bicyclic) bond motifs is 2. The fraction of sp³-hybridized carbons (Fsp3) is 0.190. The van der Waals surface area contributed by atoms with Gasteiger partial charge < -0.3 is 4.74 Å². The van der Waals surface area contributed by atoms with Gasteiger partial charge in [-0.2, -0.15) is 13.2 Å². The molecule has 0 bridgehead atoms. The highest BCUT2D eigenvalue weighted by Gasteiger charge is 2.47. The minimum atomic E-state index is -5.49. The summed E-state index contributed by atoms with van der Waals surface area (Å²) in [5.74, 6) is 0.295. The van der Waals surface area contributed by atoms with Gasteiger partial charge in [0.25, 0.3) is 9.84 Å². The number of aromatic nitrogens is 1. The van der Waals surface area contributed by atoms with Crippen molar-refractivity contribution in [3.8, 4) is 5.75 Å². The predicted molar refractivity (Wildman–Crippen MR) is 103 cm³/mol. The highest BCUT2D eigenvalue weighted by molar-refractivity contribution is 7.92. The van der Waals surface area contributed by atoms with E-state index >= 15 is 0 Å². The molecule has 1 aliphatic heterocycles. The molecule has 2 heterocycles. The molecule has 0 saturated carbocycles. The summed E-state index contributed by atoms with van der Waals surface area (Å²) in [6, 6.07) is 12.5. The molecule has 8 heteroatoms. The maximum Gasteiger partial charge on any atom is 0.501 e. The van der Waals surface area contributed by atoms with Crippen LogP contribution in [0, 0.1) is 0 Å². The molecule has 3 aromatic rings. The first-order chi connectivity index (χ1) is 13.5. The zero-order valence-corrected chi connectivity index (χ0v) is 16.3. The molecular weight excluding hydrogens is 403 g/mol. The third-order valence-corrected chi connectivity index (χ3v) is 6.13. The summed E-state index contributed by atoms with van der Waals surface area (Å²) in [4.78, 5) is 3.61. The maximum atomic E-state index is 13.1. The first-order valence-electron chi connectivity index (χ1n) is 8.71. The van der Waals surface area contributed by atoms with Gasteiger partial charge in [0.2, 0.25) is 0 Å². The summed E-state index contributed by atoms with van der Waals surface area (Å²) in [5.41, 5.74) is -4.84. The van der Waals surface area contributed by atoms with Crippen molar-refractivity contribution in [2.75, 3.05) is 0 Å². The minimum absolute atomic E-state index is 0.249. The molecule has 0 aliphatic carbocycles. The zero-order chi connectivity index (χ0) is 21.0. The molecule has 0 atom stereocenters. The van der Waals surface area contributed by atoms with Crippen LogP contribution in [0.3, 0.4) is 0 Å². The second-order valence-corrected chi connectivity index (χ2v) is 9.19. The van der Waals surface area contributed by atoms with Crippen molar-refractivity contribution in [2.45, 2.75) is 29.9 Å². The molecular formula is C21H16F3NO3S. The van der Waals surface area contributed by atoms with Gasteiger partial charge in [-0.1, -0.05) is 24.3 Å². The van der Waals surface area contributed by atoms with Crippen molar-refractivity contribution in [1.82, 2.24) is 4.98 Å². The van der Waals surface area contributed by atoms with Gasteiger partial charge in [-0.15, -0.1) is 0 Å². The van der Waals surface area contributed by atoms with E-state index in [2.05, 4.69) is 4.98 Å². The van der Waals surface area contributed by atoms with Gasteiger partial charge in [0, 0.05) is 22.7 Å². The van der Waals surface area contributed by atoms with Crippen LogP contribution >= 0.6 is 0 Å². The van der Waals surface area contributed by atoms with Crippen molar-refractivity contribution >= 4 is 26.2 Å². The fourth-order valence-electron chi connectivity index (χ4n) is 3.38. The number of ether oxygens (including phenoxy) is 1. The minimum Gasteiger partial charge on any atom is -0.483 e. The molecule has 1 aromatic heterocycles. The second-order valence-electron chi connectivity index (χ2n) is 7.25. The Kier molecular flexibility index (Phi) is 4.24. The van der Waals surface area contributed by atoms with Crippen molar-refractivity contribution < 1.29 is 26.3 Å². The molecule has 0 spiro atoms. The topological polar surface area (TPSA) is 56.3 Å². The van der Waals surface area contributed by atoms with Crippen LogP contribution < -0.4 is 4.74 Å². The zero-order valence-electron chi connectivity index (χ0n) is 15.5. The molecule has 29 heavy (non-hydrogen) atoms. The lowest BCUT2D eigenvalue weighted by atomic mass is 9.90. The number of halogens is 3. The Bertz CT molecular complexity index is 1260. The number of benzene rings is 2. The third kappa shape index (κ3) is 3.27. The van der Waals surface area contributed by atoms with Crippen LogP contribution in [0.2, 0.25) is 0 Å². The molecule has 0 fully saturated rings. The van der Waals surface area contributed by atoms with E-state index in [-0.39, 0.29) is 5.56 Å². The van der Waals surface area contributed by atoms with Gasteiger partial charge in [0.1, 0.15) is 11.4 Å². The van der Waals surface area contributed by atoms with Crippen LogP contribution in [0.1, 0.15) is 25.1 Å². The van der Waals surface area contributed by atoms with Crippen LogP contribution in [0.5, 0.6) is 5.75 Å². The first kappa shape index (κ1) is 19.4. The van der Waals surface area contributed by atoms with E-state index in [9.17, 15) is 21.6 Å². The number of hydrogen-bond acceptors (Lipinski definition) is 4. The van der Waals surface area contributed by atoms with Crippen LogP contribution in [0.15, 0.2) is 65.7 Å². The monoisotopic (exact) mass is 419 g/mol. The van der Waals surface area contributed by atoms with Crippen LogP contribution in [0.25, 0.3) is 16.3 Å². The number of rotatable bonds is 2. The second kappa shape index (κ2) is 6.32. The molecule has 0 unspecified atom stereocenters. The molecule has 0 radical (unpaired) electrons. The van der Waals surface area contributed by atoms with E-state index in [4.69, 9.17) is 4.74 Å². The largest absolute Gasteiger partial charge is 0.501 e. The van der Waals surface area contributed by atoms with E-state index < -0.39 is 25.8 Å². The summed E-state index contributed by atoms with van der Waals surface area (Å²) in [6.45, 7) is 3.61. The summed E-state index contributed by atoms with van der Waals surface area (Å²) >= 11 is 0.